The predicted octanol–water partition coefficient (Wildman–Crippen LogP) is 2.18. The number of amides is 1. The van der Waals surface area contributed by atoms with Crippen LogP contribution in [0.25, 0.3) is 34.3 Å². The highest BCUT2D eigenvalue weighted by Crippen LogP contribution is 2.31. The smallest absolute Gasteiger partial charge is 0.306 e. The lowest BCUT2D eigenvalue weighted by molar-refractivity contribution is 0.0993. The van der Waals surface area contributed by atoms with Crippen molar-refractivity contribution in [1.82, 2.24) is 33.8 Å². The first-order valence-corrected chi connectivity index (χ1v) is 8.69. The van der Waals surface area contributed by atoms with Gasteiger partial charge in [0.15, 0.2) is 5.65 Å². The lowest BCUT2D eigenvalue weighted by Gasteiger charge is -2.05. The van der Waals surface area contributed by atoms with Crippen LogP contribution >= 0.6 is 0 Å². The van der Waals surface area contributed by atoms with Gasteiger partial charge in [-0.15, -0.1) is 0 Å². The summed E-state index contributed by atoms with van der Waals surface area (Å²) in [6.45, 7) is 4.10. The number of hydrogen-bond donors (Lipinski definition) is 1. The van der Waals surface area contributed by atoms with E-state index in [1.807, 2.05) is 23.0 Å². The number of hydrogen-bond acceptors (Lipinski definition) is 6. The second-order valence-electron chi connectivity index (χ2n) is 6.64. The van der Waals surface area contributed by atoms with Gasteiger partial charge in [-0.3, -0.25) is 13.9 Å². The topological polar surface area (TPSA) is 122 Å². The Kier molecular flexibility index (Phi) is 3.35. The van der Waals surface area contributed by atoms with Gasteiger partial charge in [-0.25, -0.2) is 9.50 Å². The van der Waals surface area contributed by atoms with Crippen molar-refractivity contribution in [2.45, 2.75) is 19.9 Å². The number of carbonyl (C=O) groups is 1. The highest BCUT2D eigenvalue weighted by Gasteiger charge is 2.22. The lowest BCUT2D eigenvalue weighted by Crippen LogP contribution is -2.15. The van der Waals surface area contributed by atoms with E-state index in [4.69, 9.17) is 10.2 Å². The van der Waals surface area contributed by atoms with Crippen molar-refractivity contribution in [2.24, 2.45) is 5.73 Å². The Bertz CT molecular complexity index is 1340. The molecule has 0 atom stereocenters. The standard InChI is InChI=1S/C18H16N8O2/c1-10(2)25-6-5-11(22-25)15-16(24-7-8-28-18(24)21-15)12-3-4-14-20-9-13(17(19)27)26(14)23-12/h3-10H,1-2H3,(H2,19,27). The summed E-state index contributed by atoms with van der Waals surface area (Å²) in [5.41, 5.74) is 8.77. The number of primary amides is 1. The molecule has 0 unspecified atom stereocenters. The molecule has 0 saturated heterocycles. The maximum Gasteiger partial charge on any atom is 0.306 e. The van der Waals surface area contributed by atoms with E-state index in [1.54, 1.807) is 22.9 Å². The molecule has 0 radical (unpaired) electrons. The van der Waals surface area contributed by atoms with Crippen LogP contribution in [0.15, 0.2) is 47.5 Å². The maximum absolute atomic E-state index is 11.7. The molecule has 0 aliphatic rings. The zero-order valence-corrected chi connectivity index (χ0v) is 15.1. The van der Waals surface area contributed by atoms with Crippen molar-refractivity contribution in [3.8, 4) is 22.8 Å². The van der Waals surface area contributed by atoms with Gasteiger partial charge in [0.05, 0.1) is 6.20 Å². The molecule has 0 fully saturated rings. The Morgan fingerprint density at radius 1 is 1.14 bits per heavy atom. The summed E-state index contributed by atoms with van der Waals surface area (Å²) >= 11 is 0. The molecule has 2 N–H and O–H groups in total. The molecule has 28 heavy (non-hydrogen) atoms. The van der Waals surface area contributed by atoms with Crippen molar-refractivity contribution < 1.29 is 9.21 Å². The molecule has 0 aliphatic heterocycles. The predicted molar refractivity (Wildman–Crippen MR) is 99.6 cm³/mol. The summed E-state index contributed by atoms with van der Waals surface area (Å²) in [6.07, 6.45) is 6.62. The van der Waals surface area contributed by atoms with Crippen LogP contribution in [0.3, 0.4) is 0 Å². The van der Waals surface area contributed by atoms with Crippen molar-refractivity contribution >= 4 is 17.4 Å². The van der Waals surface area contributed by atoms with Gasteiger partial charge in [0.25, 0.3) is 5.91 Å². The van der Waals surface area contributed by atoms with Crippen LogP contribution in [0.5, 0.6) is 0 Å². The Labute approximate surface area is 158 Å². The Hall–Kier alpha value is -3.95. The van der Waals surface area contributed by atoms with Crippen LogP contribution in [-0.4, -0.2) is 39.7 Å². The first kappa shape index (κ1) is 16.2. The van der Waals surface area contributed by atoms with Gasteiger partial charge in [0.1, 0.15) is 34.7 Å². The van der Waals surface area contributed by atoms with E-state index in [-0.39, 0.29) is 11.7 Å². The fraction of sp³-hybridized carbons (Fsp3) is 0.167. The molecular formula is C18H16N8O2. The van der Waals surface area contributed by atoms with Crippen molar-refractivity contribution in [3.05, 3.63) is 48.7 Å². The average Bonchev–Trinajstić information content (AvgIpc) is 3.41. The van der Waals surface area contributed by atoms with Gasteiger partial charge in [0, 0.05) is 18.4 Å². The summed E-state index contributed by atoms with van der Waals surface area (Å²) < 4.78 is 10.5. The second kappa shape index (κ2) is 5.78. The molecule has 5 heterocycles. The zero-order valence-electron chi connectivity index (χ0n) is 15.1. The third-order valence-electron chi connectivity index (χ3n) is 4.50. The lowest BCUT2D eigenvalue weighted by atomic mass is 10.2. The molecule has 0 spiro atoms. The quantitative estimate of drug-likeness (QED) is 0.513. The first-order valence-electron chi connectivity index (χ1n) is 8.69. The summed E-state index contributed by atoms with van der Waals surface area (Å²) in [7, 11) is 0. The van der Waals surface area contributed by atoms with Crippen molar-refractivity contribution in [1.29, 1.82) is 0 Å². The fourth-order valence-corrected chi connectivity index (χ4v) is 3.13. The van der Waals surface area contributed by atoms with E-state index < -0.39 is 5.91 Å². The minimum Gasteiger partial charge on any atom is -0.432 e. The van der Waals surface area contributed by atoms with Crippen LogP contribution < -0.4 is 5.73 Å². The zero-order chi connectivity index (χ0) is 19.4. The molecule has 5 aromatic heterocycles. The molecule has 10 nitrogen and oxygen atoms in total. The van der Waals surface area contributed by atoms with Crippen LogP contribution in [0.2, 0.25) is 0 Å². The van der Waals surface area contributed by atoms with E-state index in [9.17, 15) is 4.79 Å². The second-order valence-corrected chi connectivity index (χ2v) is 6.64. The van der Waals surface area contributed by atoms with E-state index >= 15 is 0 Å². The van der Waals surface area contributed by atoms with Crippen molar-refractivity contribution in [2.75, 3.05) is 0 Å². The van der Waals surface area contributed by atoms with Crippen LogP contribution in [0.1, 0.15) is 30.4 Å². The van der Waals surface area contributed by atoms with Gasteiger partial charge in [-0.2, -0.15) is 15.2 Å². The number of aromatic nitrogens is 7. The fourth-order valence-electron chi connectivity index (χ4n) is 3.13. The Morgan fingerprint density at radius 2 is 2.00 bits per heavy atom. The van der Waals surface area contributed by atoms with E-state index in [1.165, 1.54) is 10.7 Å². The Balaban J connectivity index is 1.76. The normalized spacial score (nSPS) is 11.8. The highest BCUT2D eigenvalue weighted by molar-refractivity contribution is 5.91. The summed E-state index contributed by atoms with van der Waals surface area (Å²) in [4.78, 5) is 20.4. The molecule has 0 saturated carbocycles. The molecular weight excluding hydrogens is 360 g/mol. The molecule has 5 aromatic rings. The number of nitrogens with zero attached hydrogens (tertiary/aromatic N) is 7. The van der Waals surface area contributed by atoms with Gasteiger partial charge in [0.2, 0.25) is 0 Å². The van der Waals surface area contributed by atoms with E-state index in [0.29, 0.717) is 34.3 Å². The molecule has 10 heteroatoms. The SMILES string of the molecule is CC(C)n1ccc(-c2nc3occn3c2-c2ccc3ncc(C(N)=O)n3n2)n1. The minimum atomic E-state index is -0.602. The highest BCUT2D eigenvalue weighted by atomic mass is 16.3. The van der Waals surface area contributed by atoms with Crippen LogP contribution in [-0.2, 0) is 0 Å². The minimum absolute atomic E-state index is 0.204. The number of nitrogens with two attached hydrogens (primary N) is 1. The van der Waals surface area contributed by atoms with Gasteiger partial charge in [-0.1, -0.05) is 0 Å². The van der Waals surface area contributed by atoms with Crippen LogP contribution in [0.4, 0.5) is 0 Å². The molecule has 0 aliphatic carbocycles. The summed E-state index contributed by atoms with van der Waals surface area (Å²) in [5, 5.41) is 9.19. The van der Waals surface area contributed by atoms with Crippen LogP contribution in [0, 0.1) is 0 Å². The third-order valence-corrected chi connectivity index (χ3v) is 4.50. The summed E-state index contributed by atoms with van der Waals surface area (Å²) in [5.74, 6) is -0.179. The summed E-state index contributed by atoms with van der Waals surface area (Å²) in [6, 6.07) is 5.70. The number of imidazole rings is 2. The van der Waals surface area contributed by atoms with E-state index in [0.717, 1.165) is 0 Å². The molecule has 140 valence electrons. The Morgan fingerprint density at radius 3 is 2.75 bits per heavy atom. The molecule has 0 bridgehead atoms. The largest absolute Gasteiger partial charge is 0.432 e. The van der Waals surface area contributed by atoms with E-state index in [2.05, 4.69) is 34.0 Å². The van der Waals surface area contributed by atoms with Gasteiger partial charge in [-0.05, 0) is 32.0 Å². The first-order chi connectivity index (χ1) is 13.5. The number of oxazole rings is 1. The van der Waals surface area contributed by atoms with Crippen molar-refractivity contribution in [3.63, 3.8) is 0 Å². The monoisotopic (exact) mass is 376 g/mol. The van der Waals surface area contributed by atoms with Gasteiger partial charge >= 0.3 is 5.84 Å². The molecule has 1 amide bonds. The molecule has 5 rings (SSSR count). The van der Waals surface area contributed by atoms with Gasteiger partial charge < -0.3 is 10.2 Å². The third kappa shape index (κ3) is 2.31. The number of carbonyl (C=O) groups excluding carboxylic acids is 1. The number of fused-ring (bicyclic) bond motifs is 2. The number of rotatable bonds is 4. The molecule has 0 aromatic carbocycles. The maximum atomic E-state index is 11.7. The average molecular weight is 376 g/mol.